The Morgan fingerprint density at radius 2 is 2.06 bits per heavy atom. The first-order valence-corrected chi connectivity index (χ1v) is 5.12. The van der Waals surface area contributed by atoms with Crippen LogP contribution in [0.1, 0.15) is 5.56 Å². The van der Waals surface area contributed by atoms with Crippen LogP contribution in [0.15, 0.2) is 35.9 Å². The van der Waals surface area contributed by atoms with Gasteiger partial charge in [-0.15, -0.1) is 5.92 Å². The van der Waals surface area contributed by atoms with Gasteiger partial charge in [-0.3, -0.25) is 0 Å². The zero-order valence-corrected chi connectivity index (χ0v) is 10.6. The van der Waals surface area contributed by atoms with E-state index in [2.05, 4.69) is 6.92 Å². The minimum Gasteiger partial charge on any atom is -0.392 e. The molecule has 1 unspecified atom stereocenters. The number of aliphatic hydroxyl groups excluding tert-OH is 1. The predicted octanol–water partition coefficient (Wildman–Crippen LogP) is 1.91. The minimum atomic E-state index is 0. The summed E-state index contributed by atoms with van der Waals surface area (Å²) in [7, 11) is 0. The van der Waals surface area contributed by atoms with Crippen LogP contribution in [-0.2, 0) is 24.2 Å². The Balaban J connectivity index is 0.00000128. The summed E-state index contributed by atoms with van der Waals surface area (Å²) >= 11 is 0. The molecule has 16 heavy (non-hydrogen) atoms. The maximum atomic E-state index is 9.42. The number of benzene rings is 1. The number of aliphatic hydroxyl groups is 1. The molecule has 1 aliphatic heterocycles. The summed E-state index contributed by atoms with van der Waals surface area (Å²) in [4.78, 5) is 0. The fraction of sp³-hybridized carbons (Fsp3) is 0.308. The van der Waals surface area contributed by atoms with Crippen LogP contribution >= 0.6 is 0 Å². The van der Waals surface area contributed by atoms with E-state index < -0.39 is 0 Å². The van der Waals surface area contributed by atoms with E-state index in [4.69, 9.17) is 4.74 Å². The maximum Gasteiger partial charge on any atom is 0.0687 e. The number of hydrogen-bond acceptors (Lipinski definition) is 2. The molecule has 89 valence electrons. The zero-order valence-electron chi connectivity index (χ0n) is 8.98. The number of rotatable bonds is 2. The predicted molar refractivity (Wildman–Crippen MR) is 60.1 cm³/mol. The average molecular weight is 306 g/mol. The van der Waals surface area contributed by atoms with Crippen molar-refractivity contribution in [3.05, 3.63) is 48.4 Å². The molecule has 3 heteroatoms. The van der Waals surface area contributed by atoms with Crippen molar-refractivity contribution in [2.24, 2.45) is 5.92 Å². The molecule has 2 rings (SSSR count). The standard InChI is InChI=1S/C13H15O2.Rh/c1-10-8-15-9-13(10)12(7-14)11-5-3-2-4-6-11;/h2-6,10,14H,1,7-9H2;/q-1;/b13-12+;. The monoisotopic (exact) mass is 306 g/mol. The number of hydrogen-bond donors (Lipinski definition) is 1. The Labute approximate surface area is 109 Å². The van der Waals surface area contributed by atoms with E-state index >= 15 is 0 Å². The molecule has 2 nitrogen and oxygen atoms in total. The van der Waals surface area contributed by atoms with Crippen LogP contribution in [0, 0.1) is 12.8 Å². The van der Waals surface area contributed by atoms with Crippen LogP contribution in [-0.4, -0.2) is 24.9 Å². The molecular formula is C13H15O2Rh-. The van der Waals surface area contributed by atoms with Crippen molar-refractivity contribution in [3.63, 3.8) is 0 Å². The molecule has 1 saturated heterocycles. The van der Waals surface area contributed by atoms with Crippen molar-refractivity contribution in [1.82, 2.24) is 0 Å². The molecule has 1 aliphatic rings. The summed E-state index contributed by atoms with van der Waals surface area (Å²) in [6, 6.07) is 9.92. The van der Waals surface area contributed by atoms with Crippen molar-refractivity contribution in [3.8, 4) is 0 Å². The molecule has 0 saturated carbocycles. The van der Waals surface area contributed by atoms with E-state index in [-0.39, 0.29) is 32.0 Å². The zero-order chi connectivity index (χ0) is 10.7. The Morgan fingerprint density at radius 3 is 2.56 bits per heavy atom. The molecule has 1 aromatic rings. The third kappa shape index (κ3) is 2.79. The first kappa shape index (κ1) is 13.6. The average Bonchev–Trinajstić information content (AvgIpc) is 2.68. The first-order valence-electron chi connectivity index (χ1n) is 5.12. The number of ether oxygens (including phenoxy) is 1. The van der Waals surface area contributed by atoms with E-state index in [0.717, 1.165) is 16.7 Å². The third-order valence-electron chi connectivity index (χ3n) is 2.74. The van der Waals surface area contributed by atoms with E-state index in [1.54, 1.807) is 0 Å². The quantitative estimate of drug-likeness (QED) is 0.668. The molecule has 0 spiro atoms. The van der Waals surface area contributed by atoms with E-state index in [9.17, 15) is 5.11 Å². The van der Waals surface area contributed by atoms with E-state index in [0.29, 0.717) is 13.2 Å². The Morgan fingerprint density at radius 1 is 1.38 bits per heavy atom. The first-order chi connectivity index (χ1) is 7.33. The van der Waals surface area contributed by atoms with Gasteiger partial charge in [-0.1, -0.05) is 35.9 Å². The molecule has 1 N–H and O–H groups in total. The van der Waals surface area contributed by atoms with Gasteiger partial charge >= 0.3 is 0 Å². The molecular weight excluding hydrogens is 291 g/mol. The van der Waals surface area contributed by atoms with Gasteiger partial charge in [0.05, 0.1) is 13.2 Å². The summed E-state index contributed by atoms with van der Waals surface area (Å²) in [6.45, 7) is 5.32. The molecule has 0 aliphatic carbocycles. The molecule has 1 radical (unpaired) electrons. The summed E-state index contributed by atoms with van der Waals surface area (Å²) < 4.78 is 5.34. The SMILES string of the molecule is [CH2-]C1COC/C1=C(/CO)c1ccccc1.[Rh]. The summed E-state index contributed by atoms with van der Waals surface area (Å²) in [5.41, 5.74) is 3.16. The second-order valence-electron chi connectivity index (χ2n) is 3.74. The van der Waals surface area contributed by atoms with Gasteiger partial charge in [-0.05, 0) is 11.1 Å². The van der Waals surface area contributed by atoms with Crippen LogP contribution in [0.25, 0.3) is 5.57 Å². The van der Waals surface area contributed by atoms with Gasteiger partial charge in [0, 0.05) is 26.1 Å². The fourth-order valence-electron chi connectivity index (χ4n) is 1.88. The Kier molecular flexibility index (Phi) is 5.33. The van der Waals surface area contributed by atoms with Gasteiger partial charge in [0.2, 0.25) is 0 Å². The molecule has 0 aromatic heterocycles. The Hall–Kier alpha value is -0.497. The maximum absolute atomic E-state index is 9.42. The molecule has 1 fully saturated rings. The smallest absolute Gasteiger partial charge is 0.0687 e. The van der Waals surface area contributed by atoms with E-state index in [1.165, 1.54) is 0 Å². The van der Waals surface area contributed by atoms with Crippen LogP contribution in [0.3, 0.4) is 0 Å². The molecule has 0 bridgehead atoms. The van der Waals surface area contributed by atoms with Crippen LogP contribution in [0.2, 0.25) is 0 Å². The van der Waals surface area contributed by atoms with Crippen LogP contribution in [0.4, 0.5) is 0 Å². The third-order valence-corrected chi connectivity index (χ3v) is 2.74. The molecule has 0 amide bonds. The van der Waals surface area contributed by atoms with Crippen LogP contribution < -0.4 is 0 Å². The normalized spacial score (nSPS) is 22.8. The van der Waals surface area contributed by atoms with Gasteiger partial charge in [-0.25, -0.2) is 0 Å². The van der Waals surface area contributed by atoms with Crippen molar-refractivity contribution in [1.29, 1.82) is 0 Å². The summed E-state index contributed by atoms with van der Waals surface area (Å²) in [5.74, 6) is 0.173. The summed E-state index contributed by atoms with van der Waals surface area (Å²) in [6.07, 6.45) is 0. The van der Waals surface area contributed by atoms with Crippen LogP contribution in [0.5, 0.6) is 0 Å². The van der Waals surface area contributed by atoms with Gasteiger partial charge in [0.1, 0.15) is 0 Å². The second kappa shape index (κ2) is 6.29. The van der Waals surface area contributed by atoms with Gasteiger partial charge in [-0.2, -0.15) is 0 Å². The van der Waals surface area contributed by atoms with Crippen molar-refractivity contribution in [2.45, 2.75) is 0 Å². The molecule has 1 heterocycles. The van der Waals surface area contributed by atoms with Crippen molar-refractivity contribution < 1.29 is 29.3 Å². The van der Waals surface area contributed by atoms with Gasteiger partial charge < -0.3 is 16.8 Å². The summed E-state index contributed by atoms with van der Waals surface area (Å²) in [5, 5.41) is 9.42. The van der Waals surface area contributed by atoms with E-state index in [1.807, 2.05) is 30.3 Å². The van der Waals surface area contributed by atoms with Crippen molar-refractivity contribution >= 4 is 5.57 Å². The van der Waals surface area contributed by atoms with Gasteiger partial charge in [0.15, 0.2) is 0 Å². The minimum absolute atomic E-state index is 0. The topological polar surface area (TPSA) is 29.5 Å². The van der Waals surface area contributed by atoms with Crippen molar-refractivity contribution in [2.75, 3.05) is 19.8 Å². The fourth-order valence-corrected chi connectivity index (χ4v) is 1.88. The second-order valence-corrected chi connectivity index (χ2v) is 3.74. The van der Waals surface area contributed by atoms with Gasteiger partial charge in [0.25, 0.3) is 0 Å². The Bertz CT molecular complexity index is 359. The molecule has 1 aromatic carbocycles. The molecule has 1 atom stereocenters. The largest absolute Gasteiger partial charge is 0.392 e.